The summed E-state index contributed by atoms with van der Waals surface area (Å²) in [7, 11) is 0. The molecule has 0 aromatic heterocycles. The predicted molar refractivity (Wildman–Crippen MR) is 167 cm³/mol. The van der Waals surface area contributed by atoms with Crippen molar-refractivity contribution in [3.63, 3.8) is 0 Å². The number of carbonyl (C=O) groups is 3. The van der Waals surface area contributed by atoms with E-state index in [1.165, 1.54) is 19.9 Å². The molecule has 0 unspecified atom stereocenters. The monoisotopic (exact) mass is 664 g/mol. The van der Waals surface area contributed by atoms with E-state index in [9.17, 15) is 29.7 Å². The highest BCUT2D eigenvalue weighted by Crippen LogP contribution is 2.41. The second kappa shape index (κ2) is 16.1. The van der Waals surface area contributed by atoms with Crippen molar-refractivity contribution < 1.29 is 62.9 Å². The lowest BCUT2D eigenvalue weighted by Gasteiger charge is -2.47. The minimum absolute atomic E-state index is 0.0905. The number of ether oxygens (including phenoxy) is 7. The summed E-state index contributed by atoms with van der Waals surface area (Å²) in [6.07, 6.45) is -10.5. The molecule has 47 heavy (non-hydrogen) atoms. The minimum Gasteiger partial charge on any atom is -0.504 e. The smallest absolute Gasteiger partial charge is 0.333 e. The first kappa shape index (κ1) is 38.0. The standard InChI is InChI=1S/C34H48O13/c1-11-16(5)31(39)44-27-20(9)42-34(46-28-22(15(3)4)14-13-18(7)23(28)36)30(45-32(40)17(6)12-2)29(27)47-33-25(38)24(37)26(19(8)41-33)43-21(10)35/h11-15,19-20,24-27,29-30,33-34,36-38H,1-10H3/b16-11-,17-12-/t19-,20-,24-,25-,26+,27-,29+,30-,33+,34+/m1/s1. The van der Waals surface area contributed by atoms with E-state index in [0.29, 0.717) is 11.1 Å². The maximum atomic E-state index is 13.3. The molecule has 2 fully saturated rings. The fourth-order valence-corrected chi connectivity index (χ4v) is 5.19. The Hall–Kier alpha value is -3.49. The summed E-state index contributed by atoms with van der Waals surface area (Å²) in [4.78, 5) is 37.9. The Labute approximate surface area is 275 Å². The van der Waals surface area contributed by atoms with Crippen molar-refractivity contribution >= 4 is 17.9 Å². The Balaban J connectivity index is 2.14. The lowest BCUT2D eigenvalue weighted by molar-refractivity contribution is -0.348. The van der Waals surface area contributed by atoms with Gasteiger partial charge in [-0.1, -0.05) is 38.1 Å². The number of aryl methyl sites for hydroxylation is 1. The molecule has 0 spiro atoms. The fourth-order valence-electron chi connectivity index (χ4n) is 5.19. The highest BCUT2D eigenvalue weighted by molar-refractivity contribution is 5.88. The molecule has 2 heterocycles. The molecule has 1 aromatic rings. The number of rotatable bonds is 10. The maximum Gasteiger partial charge on any atom is 0.333 e. The van der Waals surface area contributed by atoms with Crippen LogP contribution in [0.1, 0.15) is 79.4 Å². The van der Waals surface area contributed by atoms with Crippen LogP contribution in [-0.4, -0.2) is 94.6 Å². The summed E-state index contributed by atoms with van der Waals surface area (Å²) in [6, 6.07) is 3.55. The average molecular weight is 665 g/mol. The van der Waals surface area contributed by atoms with Gasteiger partial charge in [-0.2, -0.15) is 0 Å². The summed E-state index contributed by atoms with van der Waals surface area (Å²) in [5.41, 5.74) is 1.69. The molecule has 0 aliphatic carbocycles. The van der Waals surface area contributed by atoms with Crippen LogP contribution in [0.15, 0.2) is 35.4 Å². The number of benzene rings is 1. The van der Waals surface area contributed by atoms with Crippen molar-refractivity contribution in [2.45, 2.75) is 137 Å². The van der Waals surface area contributed by atoms with Gasteiger partial charge in [0, 0.05) is 23.6 Å². The molecule has 3 rings (SSSR count). The number of aromatic hydroxyl groups is 1. The second-order valence-corrected chi connectivity index (χ2v) is 12.2. The molecule has 0 radical (unpaired) electrons. The topological polar surface area (TPSA) is 177 Å². The van der Waals surface area contributed by atoms with Crippen LogP contribution in [-0.2, 0) is 42.8 Å². The van der Waals surface area contributed by atoms with Gasteiger partial charge in [0.1, 0.15) is 18.3 Å². The molecule has 10 atom stereocenters. The number of hydrogen-bond donors (Lipinski definition) is 3. The first-order chi connectivity index (χ1) is 22.0. The Bertz CT molecular complexity index is 1350. The van der Waals surface area contributed by atoms with E-state index in [4.69, 9.17) is 33.2 Å². The van der Waals surface area contributed by atoms with Crippen LogP contribution < -0.4 is 4.74 Å². The highest BCUT2D eigenvalue weighted by Gasteiger charge is 2.54. The molecule has 13 heteroatoms. The van der Waals surface area contributed by atoms with Crippen LogP contribution in [0, 0.1) is 6.92 Å². The highest BCUT2D eigenvalue weighted by atomic mass is 16.8. The zero-order valence-corrected chi connectivity index (χ0v) is 28.6. The number of carbonyl (C=O) groups excluding carboxylic acids is 3. The van der Waals surface area contributed by atoms with Gasteiger partial charge in [0.2, 0.25) is 6.29 Å². The van der Waals surface area contributed by atoms with Crippen molar-refractivity contribution in [3.8, 4) is 11.5 Å². The summed E-state index contributed by atoms with van der Waals surface area (Å²) in [5.74, 6) is -2.29. The molecule has 2 aliphatic heterocycles. The Morgan fingerprint density at radius 3 is 1.85 bits per heavy atom. The Kier molecular flexibility index (Phi) is 13.0. The second-order valence-electron chi connectivity index (χ2n) is 12.2. The van der Waals surface area contributed by atoms with Gasteiger partial charge in [0.25, 0.3) is 0 Å². The van der Waals surface area contributed by atoms with Crippen LogP contribution in [0.4, 0.5) is 0 Å². The van der Waals surface area contributed by atoms with Crippen LogP contribution in [0.2, 0.25) is 0 Å². The number of allylic oxidation sites excluding steroid dienone is 2. The molecular weight excluding hydrogens is 616 g/mol. The van der Waals surface area contributed by atoms with Gasteiger partial charge in [-0.3, -0.25) is 4.79 Å². The predicted octanol–water partition coefficient (Wildman–Crippen LogP) is 3.49. The Morgan fingerprint density at radius 2 is 1.32 bits per heavy atom. The molecule has 2 saturated heterocycles. The van der Waals surface area contributed by atoms with Gasteiger partial charge in [0.05, 0.1) is 12.2 Å². The molecule has 0 bridgehead atoms. The summed E-state index contributed by atoms with van der Waals surface area (Å²) >= 11 is 0. The third-order valence-corrected chi connectivity index (χ3v) is 8.31. The van der Waals surface area contributed by atoms with Gasteiger partial charge in [-0.15, -0.1) is 0 Å². The number of esters is 3. The van der Waals surface area contributed by atoms with Crippen molar-refractivity contribution in [3.05, 3.63) is 46.6 Å². The van der Waals surface area contributed by atoms with Gasteiger partial charge in [-0.25, -0.2) is 9.59 Å². The molecule has 0 amide bonds. The van der Waals surface area contributed by atoms with E-state index in [1.807, 2.05) is 13.8 Å². The summed E-state index contributed by atoms with van der Waals surface area (Å²) in [6.45, 7) is 16.2. The summed E-state index contributed by atoms with van der Waals surface area (Å²) < 4.78 is 41.6. The summed E-state index contributed by atoms with van der Waals surface area (Å²) in [5, 5.41) is 33.0. The van der Waals surface area contributed by atoms with Gasteiger partial charge in [0.15, 0.2) is 36.1 Å². The molecule has 2 aliphatic rings. The number of phenols is 1. The van der Waals surface area contributed by atoms with E-state index in [2.05, 4.69) is 0 Å². The Morgan fingerprint density at radius 1 is 0.787 bits per heavy atom. The number of aliphatic hydroxyl groups excluding tert-OH is 2. The number of aliphatic hydroxyl groups is 2. The van der Waals surface area contributed by atoms with E-state index in [1.54, 1.807) is 52.8 Å². The van der Waals surface area contributed by atoms with E-state index in [-0.39, 0.29) is 28.6 Å². The zero-order valence-electron chi connectivity index (χ0n) is 28.6. The quantitative estimate of drug-likeness (QED) is 0.188. The van der Waals surface area contributed by atoms with Crippen molar-refractivity contribution in [1.29, 1.82) is 0 Å². The fraction of sp³-hybridized carbons (Fsp3) is 0.618. The SMILES string of the molecule is C/C=C(/C)C(=O)O[C@H]1[C@H](Oc2c(C(C)C)ccc(C)c2O)O[C@H](C)[C@@H](OC(=O)/C(C)=C\C)[C@@H]1O[C@@H]1O[C@H](C)[C@H](OC(C)=O)[C@H](O)[C@H]1O. The third-order valence-electron chi connectivity index (χ3n) is 8.31. The molecule has 3 N–H and O–H groups in total. The van der Waals surface area contributed by atoms with E-state index >= 15 is 0 Å². The first-order valence-electron chi connectivity index (χ1n) is 15.7. The largest absolute Gasteiger partial charge is 0.504 e. The van der Waals surface area contributed by atoms with Crippen LogP contribution >= 0.6 is 0 Å². The molecule has 0 saturated carbocycles. The number of phenolic OH excluding ortho intramolecular Hbond substituents is 1. The normalized spacial score (nSPS) is 31.7. The van der Waals surface area contributed by atoms with Gasteiger partial charge in [-0.05, 0) is 59.9 Å². The lowest BCUT2D eigenvalue weighted by atomic mass is 9.96. The number of hydrogen-bond acceptors (Lipinski definition) is 13. The lowest BCUT2D eigenvalue weighted by Crippen LogP contribution is -2.65. The van der Waals surface area contributed by atoms with Gasteiger partial charge < -0.3 is 48.5 Å². The zero-order chi connectivity index (χ0) is 35.3. The van der Waals surface area contributed by atoms with Crippen molar-refractivity contribution in [2.24, 2.45) is 0 Å². The molecule has 13 nitrogen and oxygen atoms in total. The molecule has 1 aromatic carbocycles. The van der Waals surface area contributed by atoms with Crippen LogP contribution in [0.25, 0.3) is 0 Å². The molecule has 262 valence electrons. The van der Waals surface area contributed by atoms with E-state index in [0.717, 1.165) is 6.92 Å². The van der Waals surface area contributed by atoms with Crippen molar-refractivity contribution in [1.82, 2.24) is 0 Å². The van der Waals surface area contributed by atoms with Gasteiger partial charge >= 0.3 is 17.9 Å². The van der Waals surface area contributed by atoms with Crippen LogP contribution in [0.5, 0.6) is 11.5 Å². The van der Waals surface area contributed by atoms with Crippen molar-refractivity contribution in [2.75, 3.05) is 0 Å². The molecular formula is C34H48O13. The third kappa shape index (κ3) is 8.71. The average Bonchev–Trinajstić information content (AvgIpc) is 3.01. The van der Waals surface area contributed by atoms with E-state index < -0.39 is 79.3 Å². The maximum absolute atomic E-state index is 13.3. The minimum atomic E-state index is -1.75. The first-order valence-corrected chi connectivity index (χ1v) is 15.7. The van der Waals surface area contributed by atoms with Crippen LogP contribution in [0.3, 0.4) is 0 Å².